The fraction of sp³-hybridized carbons (Fsp3) is 0.382. The molecule has 7 rings (SSSR count). The summed E-state index contributed by atoms with van der Waals surface area (Å²) >= 11 is 1.70. The molecule has 6 heterocycles. The van der Waals surface area contributed by atoms with Gasteiger partial charge < -0.3 is 14.6 Å². The first-order valence-corrected chi connectivity index (χ1v) is 16.3. The van der Waals surface area contributed by atoms with Crippen molar-refractivity contribution in [2.75, 3.05) is 26.2 Å². The predicted octanol–water partition coefficient (Wildman–Crippen LogP) is 3.91. The number of aryl methyl sites for hydroxylation is 1. The van der Waals surface area contributed by atoms with Gasteiger partial charge in [-0.2, -0.15) is 0 Å². The van der Waals surface area contributed by atoms with Crippen molar-refractivity contribution in [1.82, 2.24) is 33.9 Å². The summed E-state index contributed by atoms with van der Waals surface area (Å²) in [5, 5.41) is 13.0. The highest BCUT2D eigenvalue weighted by atomic mass is 32.1. The molecule has 2 saturated heterocycles. The molecule has 0 aliphatic carbocycles. The Morgan fingerprint density at radius 1 is 1.04 bits per heavy atom. The molecule has 0 saturated carbocycles. The number of hydrogen-bond donors (Lipinski definition) is 1. The number of fused-ring (bicyclic) bond motifs is 1. The number of amides is 1. The first-order valence-electron chi connectivity index (χ1n) is 15.5. The van der Waals surface area contributed by atoms with Gasteiger partial charge in [0.1, 0.15) is 17.0 Å². The Morgan fingerprint density at radius 3 is 2.60 bits per heavy atom. The number of nitrogens with zero attached hydrogens (tertiary/aromatic N) is 7. The predicted molar refractivity (Wildman–Crippen MR) is 174 cm³/mol. The molecular formula is C34H37N7O3S. The average molecular weight is 624 g/mol. The zero-order valence-corrected chi connectivity index (χ0v) is 26.1. The van der Waals surface area contributed by atoms with Crippen molar-refractivity contribution in [1.29, 1.82) is 0 Å². The van der Waals surface area contributed by atoms with E-state index in [2.05, 4.69) is 32.0 Å². The van der Waals surface area contributed by atoms with Crippen LogP contribution in [0.4, 0.5) is 0 Å². The van der Waals surface area contributed by atoms with Crippen LogP contribution < -0.4 is 5.56 Å². The van der Waals surface area contributed by atoms with Crippen LogP contribution in [0.3, 0.4) is 0 Å². The molecule has 0 radical (unpaired) electrons. The standard InChI is InChI=1S/C34H37N7O3S/c1-38-15-9-28-30(38)37-23-41(33(28)43)22-34(44)11-17-40(18-12-34)32(42)27-10-16-39(21-29(27)24-5-3-2-4-6-24)20-26-19-36-31(45-26)25-7-13-35-14-8-25/h2-9,13-15,19,23,27,29,44H,10-12,16-18,20-22H2,1H3/t27-,29+/m1/s1. The topological polar surface area (TPSA) is 109 Å². The zero-order chi connectivity index (χ0) is 31.0. The third-order valence-electron chi connectivity index (χ3n) is 9.42. The highest BCUT2D eigenvalue weighted by Crippen LogP contribution is 2.36. The molecule has 0 bridgehead atoms. The molecular weight excluding hydrogens is 586 g/mol. The zero-order valence-electron chi connectivity index (χ0n) is 25.3. The number of piperidine rings is 2. The largest absolute Gasteiger partial charge is 0.388 e. The molecule has 2 fully saturated rings. The summed E-state index contributed by atoms with van der Waals surface area (Å²) in [7, 11) is 1.85. The van der Waals surface area contributed by atoms with E-state index in [1.54, 1.807) is 29.8 Å². The van der Waals surface area contributed by atoms with E-state index in [1.807, 2.05) is 59.2 Å². The summed E-state index contributed by atoms with van der Waals surface area (Å²) in [4.78, 5) is 45.9. The lowest BCUT2D eigenvalue weighted by atomic mass is 9.79. The highest BCUT2D eigenvalue weighted by Gasteiger charge is 2.41. The van der Waals surface area contributed by atoms with Crippen molar-refractivity contribution in [2.24, 2.45) is 13.0 Å². The van der Waals surface area contributed by atoms with E-state index in [9.17, 15) is 14.7 Å². The summed E-state index contributed by atoms with van der Waals surface area (Å²) in [6.07, 6.45) is 10.5. The monoisotopic (exact) mass is 623 g/mol. The second-order valence-electron chi connectivity index (χ2n) is 12.4. The molecule has 4 aromatic heterocycles. The van der Waals surface area contributed by atoms with Gasteiger partial charge in [0.05, 0.1) is 17.5 Å². The SMILES string of the molecule is Cn1ccc2c(=O)n(CC3(O)CCN(C(=O)[C@@H]4CCN(Cc5cnc(-c6ccncc6)s5)C[C@H]4c4ccccc4)CC3)cnc21. The molecule has 1 amide bonds. The van der Waals surface area contributed by atoms with Gasteiger partial charge in [0.2, 0.25) is 5.91 Å². The Morgan fingerprint density at radius 2 is 1.82 bits per heavy atom. The van der Waals surface area contributed by atoms with E-state index in [4.69, 9.17) is 0 Å². The number of benzene rings is 1. The minimum Gasteiger partial charge on any atom is -0.388 e. The van der Waals surface area contributed by atoms with Gasteiger partial charge in [-0.15, -0.1) is 11.3 Å². The summed E-state index contributed by atoms with van der Waals surface area (Å²) in [6, 6.07) is 16.1. The number of carbonyl (C=O) groups excluding carboxylic acids is 1. The number of aromatic nitrogens is 5. The van der Waals surface area contributed by atoms with Crippen molar-refractivity contribution in [3.8, 4) is 10.6 Å². The van der Waals surface area contributed by atoms with Gasteiger partial charge in [0.25, 0.3) is 5.56 Å². The Labute approximate surface area is 265 Å². The quantitative estimate of drug-likeness (QED) is 0.293. The van der Waals surface area contributed by atoms with Crippen LogP contribution in [0.25, 0.3) is 21.6 Å². The van der Waals surface area contributed by atoms with Crippen LogP contribution in [0.15, 0.2) is 84.4 Å². The van der Waals surface area contributed by atoms with Gasteiger partial charge in [0.15, 0.2) is 0 Å². The van der Waals surface area contributed by atoms with Gasteiger partial charge in [-0.3, -0.25) is 24.0 Å². The molecule has 2 aliphatic rings. The first-order chi connectivity index (χ1) is 21.9. The average Bonchev–Trinajstić information content (AvgIpc) is 3.70. The van der Waals surface area contributed by atoms with E-state index < -0.39 is 5.60 Å². The molecule has 2 aliphatic heterocycles. The molecule has 11 heteroatoms. The number of pyridine rings is 1. The van der Waals surface area contributed by atoms with Crippen LogP contribution in [-0.2, 0) is 24.9 Å². The highest BCUT2D eigenvalue weighted by molar-refractivity contribution is 7.15. The first kappa shape index (κ1) is 29.5. The van der Waals surface area contributed by atoms with Gasteiger partial charge in [-0.05, 0) is 49.6 Å². The Hall–Kier alpha value is -4.19. The summed E-state index contributed by atoms with van der Waals surface area (Å²) in [5.41, 5.74) is 1.65. The van der Waals surface area contributed by atoms with Crippen molar-refractivity contribution in [3.63, 3.8) is 0 Å². The number of rotatable bonds is 7. The second-order valence-corrected chi connectivity index (χ2v) is 13.5. The van der Waals surface area contributed by atoms with E-state index in [-0.39, 0.29) is 29.8 Å². The molecule has 5 aromatic rings. The third-order valence-corrected chi connectivity index (χ3v) is 10.5. The summed E-state index contributed by atoms with van der Waals surface area (Å²) in [6.45, 7) is 3.51. The van der Waals surface area contributed by atoms with Crippen molar-refractivity contribution < 1.29 is 9.90 Å². The number of aliphatic hydroxyl groups is 1. The minimum absolute atomic E-state index is 0.0723. The Bertz CT molecular complexity index is 1840. The fourth-order valence-corrected chi connectivity index (χ4v) is 7.83. The fourth-order valence-electron chi connectivity index (χ4n) is 6.87. The van der Waals surface area contributed by atoms with E-state index in [0.717, 1.165) is 36.6 Å². The molecule has 1 aromatic carbocycles. The lowest BCUT2D eigenvalue weighted by Gasteiger charge is -2.43. The van der Waals surface area contributed by atoms with Crippen LogP contribution in [0.5, 0.6) is 0 Å². The number of likely N-dealkylation sites (tertiary alicyclic amines) is 2. The van der Waals surface area contributed by atoms with Gasteiger partial charge >= 0.3 is 0 Å². The van der Waals surface area contributed by atoms with Crippen molar-refractivity contribution in [3.05, 3.63) is 100 Å². The maximum Gasteiger partial charge on any atom is 0.262 e. The molecule has 232 valence electrons. The van der Waals surface area contributed by atoms with E-state index >= 15 is 0 Å². The normalized spacial score (nSPS) is 20.4. The van der Waals surface area contributed by atoms with Gasteiger partial charge in [0, 0.05) is 80.3 Å². The molecule has 1 N–H and O–H groups in total. The maximum atomic E-state index is 14.1. The summed E-state index contributed by atoms with van der Waals surface area (Å²) in [5.74, 6) is 0.104. The van der Waals surface area contributed by atoms with Crippen LogP contribution in [-0.4, -0.2) is 76.7 Å². The summed E-state index contributed by atoms with van der Waals surface area (Å²) < 4.78 is 3.32. The van der Waals surface area contributed by atoms with Crippen LogP contribution in [0.1, 0.15) is 35.6 Å². The minimum atomic E-state index is -1.07. The second kappa shape index (κ2) is 12.3. The Kier molecular flexibility index (Phi) is 8.07. The number of carbonyl (C=O) groups is 1. The maximum absolute atomic E-state index is 14.1. The molecule has 0 spiro atoms. The van der Waals surface area contributed by atoms with Crippen molar-refractivity contribution >= 4 is 28.3 Å². The van der Waals surface area contributed by atoms with E-state index in [1.165, 1.54) is 21.3 Å². The van der Waals surface area contributed by atoms with Crippen LogP contribution >= 0.6 is 11.3 Å². The third kappa shape index (κ3) is 6.07. The lowest BCUT2D eigenvalue weighted by Crippen LogP contribution is -2.53. The van der Waals surface area contributed by atoms with Crippen LogP contribution in [0, 0.1) is 5.92 Å². The van der Waals surface area contributed by atoms with Crippen LogP contribution in [0.2, 0.25) is 0 Å². The number of thiazole rings is 1. The lowest BCUT2D eigenvalue weighted by molar-refractivity contribution is -0.142. The van der Waals surface area contributed by atoms with Gasteiger partial charge in [-0.1, -0.05) is 30.3 Å². The molecule has 45 heavy (non-hydrogen) atoms. The molecule has 2 atom stereocenters. The Balaban J connectivity index is 1.02. The number of hydrogen-bond acceptors (Lipinski definition) is 8. The molecule has 10 nitrogen and oxygen atoms in total. The smallest absolute Gasteiger partial charge is 0.262 e. The van der Waals surface area contributed by atoms with Gasteiger partial charge in [-0.25, -0.2) is 9.97 Å². The van der Waals surface area contributed by atoms with Crippen molar-refractivity contribution in [2.45, 2.75) is 43.9 Å². The molecule has 0 unspecified atom stereocenters. The van der Waals surface area contributed by atoms with E-state index in [0.29, 0.717) is 37.0 Å².